The molecule has 220 valence electrons. The van der Waals surface area contributed by atoms with Crippen LogP contribution in [0.4, 0.5) is 0 Å². The molecule has 0 spiro atoms. The summed E-state index contributed by atoms with van der Waals surface area (Å²) >= 11 is 6.11. The molecule has 42 heavy (non-hydrogen) atoms. The van der Waals surface area contributed by atoms with Gasteiger partial charge in [0.2, 0.25) is 0 Å². The first-order valence-electron chi connectivity index (χ1n) is 15.1. The fourth-order valence-corrected chi connectivity index (χ4v) is 6.17. The van der Waals surface area contributed by atoms with Crippen LogP contribution in [0.15, 0.2) is 66.7 Å². The Balaban J connectivity index is 1.40. The van der Waals surface area contributed by atoms with Crippen molar-refractivity contribution < 1.29 is 4.79 Å². The molecule has 0 bridgehead atoms. The quantitative estimate of drug-likeness (QED) is 0.140. The number of aryl methyl sites for hydroxylation is 4. The third kappa shape index (κ3) is 7.39. The number of imidazole rings is 1. The Morgan fingerprint density at radius 2 is 1.60 bits per heavy atom. The monoisotopic (exact) mass is 584 g/mol. The van der Waals surface area contributed by atoms with Crippen LogP contribution in [0.25, 0.3) is 11.0 Å². The van der Waals surface area contributed by atoms with Crippen molar-refractivity contribution in [1.82, 2.24) is 14.5 Å². The Labute approximate surface area is 253 Å². The lowest BCUT2D eigenvalue weighted by Gasteiger charge is -2.29. The molecular weight excluding hydrogens is 544 g/mol. The Hall–Kier alpha value is -3.68. The summed E-state index contributed by atoms with van der Waals surface area (Å²) in [5.41, 5.74) is 17.2. The highest BCUT2D eigenvalue weighted by Crippen LogP contribution is 2.26. The van der Waals surface area contributed by atoms with E-state index in [9.17, 15) is 4.79 Å². The predicted octanol–water partition coefficient (Wildman–Crippen LogP) is 5.98. The molecule has 3 aromatic carbocycles. The van der Waals surface area contributed by atoms with Crippen LogP contribution in [0.2, 0.25) is 5.02 Å². The number of nitrogens with two attached hydrogens (primary N) is 2. The Morgan fingerprint density at radius 3 is 2.29 bits per heavy atom. The summed E-state index contributed by atoms with van der Waals surface area (Å²) in [4.78, 5) is 20.7. The van der Waals surface area contributed by atoms with Gasteiger partial charge in [-0.05, 0) is 73.1 Å². The van der Waals surface area contributed by atoms with E-state index in [1.54, 1.807) is 0 Å². The second-order valence-electron chi connectivity index (χ2n) is 11.4. The van der Waals surface area contributed by atoms with E-state index in [1.807, 2.05) is 59.5 Å². The standard InChI is InChI=1S/C34H41ClN6O/c35-29-14-8-25(9-15-29)18-20-41-31-16-13-28(34(42)40(21-19-36)23-26-4-2-1-3-5-26)22-30(31)39-32(41)17-10-24-6-11-27(12-7-24)33(37)38/h6-9,11-16,22,26H,1-5,10,17-21,23,36H2,(H3,37,38). The van der Waals surface area contributed by atoms with Gasteiger partial charge in [0.1, 0.15) is 11.7 Å². The average molecular weight is 585 g/mol. The van der Waals surface area contributed by atoms with Crippen LogP contribution in [0.3, 0.4) is 0 Å². The smallest absolute Gasteiger partial charge is 0.253 e. The van der Waals surface area contributed by atoms with Crippen molar-refractivity contribution in [2.45, 2.75) is 57.9 Å². The lowest BCUT2D eigenvalue weighted by Crippen LogP contribution is -2.39. The van der Waals surface area contributed by atoms with Crippen LogP contribution >= 0.6 is 11.6 Å². The summed E-state index contributed by atoms with van der Waals surface area (Å²) in [6, 6.07) is 21.7. The van der Waals surface area contributed by atoms with E-state index >= 15 is 0 Å². The molecule has 0 aliphatic heterocycles. The highest BCUT2D eigenvalue weighted by molar-refractivity contribution is 6.30. The molecule has 7 nitrogen and oxygen atoms in total. The number of hydrogen-bond acceptors (Lipinski definition) is 4. The van der Waals surface area contributed by atoms with Gasteiger partial charge in [-0.3, -0.25) is 10.2 Å². The summed E-state index contributed by atoms with van der Waals surface area (Å²) in [7, 11) is 0. The molecule has 1 aromatic heterocycles. The molecule has 0 radical (unpaired) electrons. The largest absolute Gasteiger partial charge is 0.384 e. The van der Waals surface area contributed by atoms with Gasteiger partial charge in [-0.2, -0.15) is 0 Å². The number of fused-ring (bicyclic) bond motifs is 1. The number of amidine groups is 1. The molecule has 5 rings (SSSR count). The van der Waals surface area contributed by atoms with Crippen molar-refractivity contribution in [3.8, 4) is 0 Å². The van der Waals surface area contributed by atoms with Crippen molar-refractivity contribution in [3.05, 3.63) is 99.8 Å². The van der Waals surface area contributed by atoms with E-state index < -0.39 is 0 Å². The van der Waals surface area contributed by atoms with E-state index in [4.69, 9.17) is 33.5 Å². The Morgan fingerprint density at radius 1 is 0.929 bits per heavy atom. The minimum Gasteiger partial charge on any atom is -0.384 e. The molecule has 1 aliphatic carbocycles. The van der Waals surface area contributed by atoms with Gasteiger partial charge in [0.15, 0.2) is 0 Å². The van der Waals surface area contributed by atoms with E-state index in [0.717, 1.165) is 65.4 Å². The maximum absolute atomic E-state index is 13.7. The second kappa shape index (κ2) is 14.0. The summed E-state index contributed by atoms with van der Waals surface area (Å²) in [6.07, 6.45) is 8.56. The van der Waals surface area contributed by atoms with Gasteiger partial charge in [-0.15, -0.1) is 0 Å². The molecule has 8 heteroatoms. The van der Waals surface area contributed by atoms with Gasteiger partial charge < -0.3 is 20.9 Å². The van der Waals surface area contributed by atoms with Gasteiger partial charge in [0.25, 0.3) is 5.91 Å². The number of hydrogen-bond donors (Lipinski definition) is 3. The van der Waals surface area contributed by atoms with Gasteiger partial charge in [0, 0.05) is 48.7 Å². The normalized spacial score (nSPS) is 13.9. The molecule has 1 heterocycles. The summed E-state index contributed by atoms with van der Waals surface area (Å²) in [5, 5.41) is 8.38. The van der Waals surface area contributed by atoms with Crippen LogP contribution in [0.5, 0.6) is 0 Å². The minimum absolute atomic E-state index is 0.0377. The van der Waals surface area contributed by atoms with Crippen molar-refractivity contribution in [2.24, 2.45) is 17.4 Å². The zero-order valence-electron chi connectivity index (χ0n) is 24.2. The van der Waals surface area contributed by atoms with E-state index in [-0.39, 0.29) is 11.7 Å². The number of aromatic nitrogens is 2. The van der Waals surface area contributed by atoms with Crippen molar-refractivity contribution in [3.63, 3.8) is 0 Å². The topological polar surface area (TPSA) is 114 Å². The van der Waals surface area contributed by atoms with Gasteiger partial charge in [-0.25, -0.2) is 4.98 Å². The fourth-order valence-electron chi connectivity index (χ4n) is 6.05. The fraction of sp³-hybridized carbons (Fsp3) is 0.382. The van der Waals surface area contributed by atoms with Crippen molar-refractivity contribution in [1.29, 1.82) is 5.41 Å². The van der Waals surface area contributed by atoms with Crippen LogP contribution in [-0.4, -0.2) is 45.8 Å². The van der Waals surface area contributed by atoms with Gasteiger partial charge >= 0.3 is 0 Å². The summed E-state index contributed by atoms with van der Waals surface area (Å²) < 4.78 is 2.28. The number of halogens is 1. The van der Waals surface area contributed by atoms with E-state index in [2.05, 4.69) is 16.7 Å². The number of nitrogen functional groups attached to an aromatic ring is 1. The molecule has 1 aliphatic rings. The molecule has 1 amide bonds. The number of carbonyl (C=O) groups is 1. The molecular formula is C34H41ClN6O. The van der Waals surface area contributed by atoms with Crippen LogP contribution in [-0.2, 0) is 25.8 Å². The minimum atomic E-state index is 0.0377. The lowest BCUT2D eigenvalue weighted by molar-refractivity contribution is 0.0719. The van der Waals surface area contributed by atoms with Crippen LogP contribution in [0.1, 0.15) is 65.0 Å². The third-order valence-electron chi connectivity index (χ3n) is 8.40. The Kier molecular flexibility index (Phi) is 9.93. The summed E-state index contributed by atoms with van der Waals surface area (Å²) in [6.45, 7) is 2.57. The maximum atomic E-state index is 13.7. The van der Waals surface area contributed by atoms with Gasteiger partial charge in [0.05, 0.1) is 11.0 Å². The van der Waals surface area contributed by atoms with Crippen LogP contribution < -0.4 is 11.5 Å². The SMILES string of the molecule is N=C(N)c1ccc(CCc2nc3cc(C(=O)N(CCN)CC4CCCCC4)ccc3n2CCc2ccc(Cl)cc2)cc1. The number of benzene rings is 3. The first kappa shape index (κ1) is 29.8. The number of amides is 1. The average Bonchev–Trinajstić information content (AvgIpc) is 3.36. The van der Waals surface area contributed by atoms with Crippen molar-refractivity contribution >= 4 is 34.4 Å². The molecule has 5 N–H and O–H groups in total. The van der Waals surface area contributed by atoms with Crippen LogP contribution in [0, 0.1) is 11.3 Å². The summed E-state index contributed by atoms with van der Waals surface area (Å²) in [5.74, 6) is 1.65. The molecule has 1 fully saturated rings. The highest BCUT2D eigenvalue weighted by Gasteiger charge is 2.22. The lowest BCUT2D eigenvalue weighted by atomic mass is 9.89. The number of nitrogens with zero attached hydrogens (tertiary/aromatic N) is 3. The second-order valence-corrected chi connectivity index (χ2v) is 11.9. The molecule has 0 saturated heterocycles. The molecule has 0 unspecified atom stereocenters. The number of nitrogens with one attached hydrogen (secondary N) is 1. The first-order chi connectivity index (χ1) is 20.4. The molecule has 1 saturated carbocycles. The predicted molar refractivity (Wildman–Crippen MR) is 171 cm³/mol. The maximum Gasteiger partial charge on any atom is 0.253 e. The van der Waals surface area contributed by atoms with Crippen molar-refractivity contribution in [2.75, 3.05) is 19.6 Å². The first-order valence-corrected chi connectivity index (χ1v) is 15.5. The zero-order chi connectivity index (χ0) is 29.5. The third-order valence-corrected chi connectivity index (χ3v) is 8.66. The van der Waals surface area contributed by atoms with E-state index in [1.165, 1.54) is 37.7 Å². The number of rotatable bonds is 12. The zero-order valence-corrected chi connectivity index (χ0v) is 25.0. The molecule has 0 atom stereocenters. The Bertz CT molecular complexity index is 1510. The number of carbonyl (C=O) groups excluding carboxylic acids is 1. The molecule has 4 aromatic rings. The highest BCUT2D eigenvalue weighted by atomic mass is 35.5. The van der Waals surface area contributed by atoms with E-state index in [0.29, 0.717) is 24.6 Å². The van der Waals surface area contributed by atoms with Gasteiger partial charge in [-0.1, -0.05) is 67.3 Å².